The lowest BCUT2D eigenvalue weighted by molar-refractivity contribution is -0.124. The lowest BCUT2D eigenvalue weighted by atomic mass is 10.1. The minimum absolute atomic E-state index is 0.0236. The number of carbonyl (C=O) groups excluding carboxylic acids is 4. The molecule has 172 valence electrons. The van der Waals surface area contributed by atoms with E-state index >= 15 is 0 Å². The van der Waals surface area contributed by atoms with E-state index in [4.69, 9.17) is 9.47 Å². The molecular weight excluding hydrogens is 436 g/mol. The molecule has 0 aliphatic carbocycles. The van der Waals surface area contributed by atoms with Crippen molar-refractivity contribution in [2.45, 2.75) is 13.1 Å². The highest BCUT2D eigenvalue weighted by Gasteiger charge is 2.35. The summed E-state index contributed by atoms with van der Waals surface area (Å²) in [6.45, 7) is -0.121. The summed E-state index contributed by atoms with van der Waals surface area (Å²) in [5, 5.41) is 2.68. The number of nitrogens with one attached hydrogen (secondary N) is 1. The molecule has 0 saturated carbocycles. The Labute approximate surface area is 196 Å². The average molecular weight is 458 g/mol. The maximum Gasteiger partial charge on any atom is 0.338 e. The van der Waals surface area contributed by atoms with Crippen molar-refractivity contribution in [1.29, 1.82) is 0 Å². The van der Waals surface area contributed by atoms with Crippen molar-refractivity contribution in [2.75, 3.05) is 13.7 Å². The summed E-state index contributed by atoms with van der Waals surface area (Å²) in [5.41, 5.74) is 2.42. The van der Waals surface area contributed by atoms with Gasteiger partial charge in [0.25, 0.3) is 17.7 Å². The summed E-state index contributed by atoms with van der Waals surface area (Å²) in [7, 11) is 1.57. The smallest absolute Gasteiger partial charge is 0.338 e. The van der Waals surface area contributed by atoms with Crippen LogP contribution in [-0.2, 0) is 22.6 Å². The summed E-state index contributed by atoms with van der Waals surface area (Å²) in [5.74, 6) is -1.14. The maximum atomic E-state index is 12.6. The average Bonchev–Trinajstić information content (AvgIpc) is 3.11. The second kappa shape index (κ2) is 9.99. The molecule has 0 atom stereocenters. The molecule has 0 spiro atoms. The summed E-state index contributed by atoms with van der Waals surface area (Å²) < 4.78 is 10.2. The Morgan fingerprint density at radius 2 is 1.53 bits per heavy atom. The molecule has 1 aliphatic rings. The maximum absolute atomic E-state index is 12.6. The summed E-state index contributed by atoms with van der Waals surface area (Å²) in [4.78, 5) is 50.8. The quantitative estimate of drug-likeness (QED) is 0.411. The zero-order valence-corrected chi connectivity index (χ0v) is 18.4. The first-order valence-corrected chi connectivity index (χ1v) is 10.6. The Morgan fingerprint density at radius 3 is 2.18 bits per heavy atom. The van der Waals surface area contributed by atoms with Gasteiger partial charge in [0.15, 0.2) is 6.61 Å². The fraction of sp³-hybridized carbons (Fsp3) is 0.154. The monoisotopic (exact) mass is 458 g/mol. The van der Waals surface area contributed by atoms with E-state index in [2.05, 4.69) is 5.32 Å². The van der Waals surface area contributed by atoms with Gasteiger partial charge in [0, 0.05) is 6.54 Å². The normalized spacial score (nSPS) is 12.3. The van der Waals surface area contributed by atoms with Crippen LogP contribution in [0.5, 0.6) is 5.75 Å². The second-order valence-corrected chi connectivity index (χ2v) is 7.64. The van der Waals surface area contributed by atoms with Crippen LogP contribution in [0.4, 0.5) is 0 Å². The minimum Gasteiger partial charge on any atom is -0.497 e. The molecule has 0 unspecified atom stereocenters. The van der Waals surface area contributed by atoms with Crippen molar-refractivity contribution in [3.8, 4) is 5.75 Å². The van der Waals surface area contributed by atoms with Crippen molar-refractivity contribution in [2.24, 2.45) is 0 Å². The number of fused-ring (bicyclic) bond motifs is 1. The second-order valence-electron chi connectivity index (χ2n) is 7.64. The number of hydrogen-bond donors (Lipinski definition) is 1. The number of hydrogen-bond acceptors (Lipinski definition) is 6. The van der Waals surface area contributed by atoms with Crippen LogP contribution in [0.1, 0.15) is 42.2 Å². The van der Waals surface area contributed by atoms with E-state index < -0.39 is 18.5 Å². The molecule has 3 amide bonds. The lowest BCUT2D eigenvalue weighted by Crippen LogP contribution is -2.29. The molecule has 0 saturated heterocycles. The first-order valence-electron chi connectivity index (χ1n) is 10.6. The molecule has 0 fully saturated rings. The highest BCUT2D eigenvalue weighted by Crippen LogP contribution is 2.24. The number of amides is 3. The van der Waals surface area contributed by atoms with E-state index in [0.29, 0.717) is 22.4 Å². The standard InChI is InChI=1S/C26H22N2O6/c1-33-20-11-9-17(10-12-20)14-27-23(29)16-34-26(32)19-6-4-5-18(13-19)15-28-24(30)21-7-2-3-8-22(21)25(28)31/h2-13H,14-16H2,1H3,(H,27,29). The van der Waals surface area contributed by atoms with Crippen LogP contribution >= 0.6 is 0 Å². The van der Waals surface area contributed by atoms with Crippen LogP contribution in [0.15, 0.2) is 72.8 Å². The molecule has 8 heteroatoms. The molecule has 3 aromatic rings. The van der Waals surface area contributed by atoms with E-state index in [-0.39, 0.29) is 30.5 Å². The molecule has 0 bridgehead atoms. The molecule has 3 aromatic carbocycles. The van der Waals surface area contributed by atoms with Crippen LogP contribution in [0.25, 0.3) is 0 Å². The number of methoxy groups -OCH3 is 1. The molecule has 1 aliphatic heterocycles. The third-order valence-corrected chi connectivity index (χ3v) is 5.36. The first kappa shape index (κ1) is 22.7. The van der Waals surface area contributed by atoms with Crippen LogP contribution in [-0.4, -0.2) is 42.3 Å². The first-order chi connectivity index (χ1) is 16.5. The molecule has 4 rings (SSSR count). The molecule has 0 aromatic heterocycles. The number of nitrogens with zero attached hydrogens (tertiary/aromatic N) is 1. The topological polar surface area (TPSA) is 102 Å². The number of ether oxygens (including phenoxy) is 2. The Bertz CT molecular complexity index is 1220. The Hall–Kier alpha value is -4.46. The Kier molecular flexibility index (Phi) is 6.68. The fourth-order valence-electron chi connectivity index (χ4n) is 3.57. The van der Waals surface area contributed by atoms with Gasteiger partial charge in [-0.05, 0) is 47.5 Å². The van der Waals surface area contributed by atoms with Crippen molar-refractivity contribution >= 4 is 23.7 Å². The zero-order valence-electron chi connectivity index (χ0n) is 18.4. The number of imide groups is 1. The summed E-state index contributed by atoms with van der Waals surface area (Å²) >= 11 is 0. The van der Waals surface area contributed by atoms with Crippen LogP contribution in [0.2, 0.25) is 0 Å². The van der Waals surface area contributed by atoms with Crippen LogP contribution in [0, 0.1) is 0 Å². The molecule has 1 N–H and O–H groups in total. The van der Waals surface area contributed by atoms with Crippen molar-refractivity contribution in [3.05, 3.63) is 101 Å². The molecule has 1 heterocycles. The van der Waals surface area contributed by atoms with Gasteiger partial charge in [0.2, 0.25) is 0 Å². The van der Waals surface area contributed by atoms with Gasteiger partial charge in [-0.15, -0.1) is 0 Å². The lowest BCUT2D eigenvalue weighted by Gasteiger charge is -2.14. The van der Waals surface area contributed by atoms with Crippen molar-refractivity contribution < 1.29 is 28.7 Å². The van der Waals surface area contributed by atoms with Crippen molar-refractivity contribution in [1.82, 2.24) is 10.2 Å². The number of rotatable bonds is 8. The minimum atomic E-state index is -0.677. The summed E-state index contributed by atoms with van der Waals surface area (Å²) in [6.07, 6.45) is 0. The van der Waals surface area contributed by atoms with E-state index in [0.717, 1.165) is 10.5 Å². The molecule has 8 nitrogen and oxygen atoms in total. The predicted molar refractivity (Wildman–Crippen MR) is 122 cm³/mol. The fourth-order valence-corrected chi connectivity index (χ4v) is 3.57. The third kappa shape index (κ3) is 4.96. The van der Waals surface area contributed by atoms with Gasteiger partial charge in [-0.1, -0.05) is 36.4 Å². The largest absolute Gasteiger partial charge is 0.497 e. The van der Waals surface area contributed by atoms with Crippen LogP contribution < -0.4 is 10.1 Å². The number of esters is 1. The predicted octanol–water partition coefficient (Wildman–Crippen LogP) is 2.96. The Morgan fingerprint density at radius 1 is 0.853 bits per heavy atom. The summed E-state index contributed by atoms with van der Waals surface area (Å²) in [6, 6.07) is 20.3. The van der Waals surface area contributed by atoms with Gasteiger partial charge < -0.3 is 14.8 Å². The van der Waals surface area contributed by atoms with E-state index in [9.17, 15) is 19.2 Å². The van der Waals surface area contributed by atoms with Crippen LogP contribution in [0.3, 0.4) is 0 Å². The van der Waals surface area contributed by atoms with Gasteiger partial charge in [-0.25, -0.2) is 4.79 Å². The van der Waals surface area contributed by atoms with Gasteiger partial charge in [0.05, 0.1) is 30.3 Å². The number of benzene rings is 3. The van der Waals surface area contributed by atoms with Gasteiger partial charge in [0.1, 0.15) is 5.75 Å². The van der Waals surface area contributed by atoms with E-state index in [1.165, 1.54) is 0 Å². The van der Waals surface area contributed by atoms with E-state index in [1.807, 2.05) is 12.1 Å². The van der Waals surface area contributed by atoms with E-state index in [1.54, 1.807) is 67.8 Å². The SMILES string of the molecule is COc1ccc(CNC(=O)COC(=O)c2cccc(CN3C(=O)c4ccccc4C3=O)c2)cc1. The Balaban J connectivity index is 1.31. The van der Waals surface area contributed by atoms with Crippen molar-refractivity contribution in [3.63, 3.8) is 0 Å². The third-order valence-electron chi connectivity index (χ3n) is 5.36. The van der Waals surface area contributed by atoms with Gasteiger partial charge in [-0.3, -0.25) is 19.3 Å². The molecule has 0 radical (unpaired) electrons. The van der Waals surface area contributed by atoms with Gasteiger partial charge in [-0.2, -0.15) is 0 Å². The number of carbonyl (C=O) groups is 4. The highest BCUT2D eigenvalue weighted by atomic mass is 16.5. The molecule has 34 heavy (non-hydrogen) atoms. The van der Waals surface area contributed by atoms with Gasteiger partial charge >= 0.3 is 5.97 Å². The highest BCUT2D eigenvalue weighted by molar-refractivity contribution is 6.21. The molecular formula is C26H22N2O6. The zero-order chi connectivity index (χ0) is 24.1.